The molecule has 0 aliphatic rings. The Balaban J connectivity index is 3.29. The molecule has 0 amide bonds. The van der Waals surface area contributed by atoms with Crippen LogP contribution in [0.25, 0.3) is 0 Å². The van der Waals surface area contributed by atoms with Gasteiger partial charge in [-0.05, 0) is 12.1 Å². The van der Waals surface area contributed by atoms with Crippen LogP contribution in [0.1, 0.15) is 0 Å². The van der Waals surface area contributed by atoms with Crippen molar-refractivity contribution in [3.63, 3.8) is 0 Å². The number of anilines is 3. The van der Waals surface area contributed by atoms with Crippen LogP contribution in [-0.2, 0) is 4.57 Å². The molecule has 0 saturated carbocycles. The number of phenolic OH excluding ortho intramolecular Hbond substituents is 1. The Morgan fingerprint density at radius 3 is 2.33 bits per heavy atom. The maximum Gasteiger partial charge on any atom is 0.300 e. The Kier molecular flexibility index (Phi) is 2.81. The fourth-order valence-electron chi connectivity index (χ4n) is 1.06. The number of rotatable bonds is 2. The molecule has 9 N–H and O–H groups in total. The van der Waals surface area contributed by atoms with E-state index in [-0.39, 0.29) is 22.8 Å². The topological polar surface area (TPSA) is 145 Å². The lowest BCUT2D eigenvalue weighted by Gasteiger charge is -2.24. The summed E-state index contributed by atoms with van der Waals surface area (Å²) in [6.07, 6.45) is 0. The number of aromatic hydroxyl groups is 1. The molecule has 0 unspecified atom stereocenters. The van der Waals surface area contributed by atoms with Gasteiger partial charge in [-0.15, -0.1) is 0 Å². The van der Waals surface area contributed by atoms with Crippen LogP contribution in [-0.4, -0.2) is 12.2 Å². The smallest absolute Gasteiger partial charge is 0.300 e. The number of hydrogen-bond donors (Lipinski definition) is 5. The molecule has 0 bridgehead atoms. The number of benzene rings is 1. The molecule has 1 rings (SSSR count). The third-order valence-electron chi connectivity index (χ3n) is 2.04. The standard InChI is InChI=1S/C7H14N5O2P/c1-12(15(10,11)14)5-3-2-4(8)7(13)6(5)9/h2-3,13H,8-9H2,1H3,(H4,10,11,14). The first-order valence-corrected chi connectivity index (χ1v) is 5.83. The Labute approximate surface area is 87.2 Å². The number of hydrogen-bond acceptors (Lipinski definition) is 4. The highest BCUT2D eigenvalue weighted by molar-refractivity contribution is 7.60. The molecule has 7 nitrogen and oxygen atoms in total. The molecule has 0 aromatic heterocycles. The van der Waals surface area contributed by atoms with E-state index in [4.69, 9.17) is 22.5 Å². The third-order valence-corrected chi connectivity index (χ3v) is 3.20. The number of phenols is 1. The van der Waals surface area contributed by atoms with Crippen LogP contribution < -0.4 is 27.1 Å². The lowest BCUT2D eigenvalue weighted by atomic mass is 10.2. The highest BCUT2D eigenvalue weighted by atomic mass is 31.2. The van der Waals surface area contributed by atoms with Crippen LogP contribution in [0, 0.1) is 0 Å². The molecule has 1 aromatic rings. The summed E-state index contributed by atoms with van der Waals surface area (Å²) in [4.78, 5) is 0. The van der Waals surface area contributed by atoms with Crippen molar-refractivity contribution in [2.45, 2.75) is 0 Å². The summed E-state index contributed by atoms with van der Waals surface area (Å²) in [6.45, 7) is 0. The first-order chi connectivity index (χ1) is 6.75. The van der Waals surface area contributed by atoms with E-state index in [0.717, 1.165) is 4.67 Å². The average Bonchev–Trinajstić information content (AvgIpc) is 2.12. The molecular weight excluding hydrogens is 217 g/mol. The molecule has 84 valence electrons. The van der Waals surface area contributed by atoms with Crippen molar-refractivity contribution in [3.8, 4) is 5.75 Å². The van der Waals surface area contributed by atoms with Gasteiger partial charge < -0.3 is 21.2 Å². The summed E-state index contributed by atoms with van der Waals surface area (Å²) >= 11 is 0. The quantitative estimate of drug-likeness (QED) is 0.274. The highest BCUT2D eigenvalue weighted by Gasteiger charge is 2.21. The molecule has 0 aliphatic carbocycles. The van der Waals surface area contributed by atoms with E-state index in [9.17, 15) is 9.67 Å². The second-order valence-electron chi connectivity index (χ2n) is 3.13. The molecule has 0 saturated heterocycles. The molecule has 0 radical (unpaired) electrons. The Morgan fingerprint density at radius 2 is 1.87 bits per heavy atom. The predicted octanol–water partition coefficient (Wildman–Crippen LogP) is 0.0183. The zero-order valence-electron chi connectivity index (χ0n) is 8.21. The Morgan fingerprint density at radius 1 is 1.33 bits per heavy atom. The van der Waals surface area contributed by atoms with Crippen LogP contribution in [0.2, 0.25) is 0 Å². The zero-order chi connectivity index (χ0) is 11.8. The van der Waals surface area contributed by atoms with Crippen molar-refractivity contribution < 1.29 is 9.67 Å². The van der Waals surface area contributed by atoms with Gasteiger partial charge in [0.15, 0.2) is 5.75 Å². The van der Waals surface area contributed by atoms with Gasteiger partial charge in [0.25, 0.3) is 7.59 Å². The van der Waals surface area contributed by atoms with Crippen molar-refractivity contribution >= 4 is 24.7 Å². The van der Waals surface area contributed by atoms with Gasteiger partial charge in [0.05, 0.1) is 11.4 Å². The van der Waals surface area contributed by atoms with Crippen molar-refractivity contribution in [2.24, 2.45) is 11.0 Å². The van der Waals surface area contributed by atoms with E-state index in [1.54, 1.807) is 0 Å². The maximum absolute atomic E-state index is 11.4. The molecule has 15 heavy (non-hydrogen) atoms. The van der Waals surface area contributed by atoms with Gasteiger partial charge in [-0.1, -0.05) is 0 Å². The molecule has 1 aromatic carbocycles. The molecule has 8 heteroatoms. The Bertz CT molecular complexity index is 430. The molecule has 0 heterocycles. The van der Waals surface area contributed by atoms with E-state index in [0.29, 0.717) is 0 Å². The SMILES string of the molecule is CN(c1ccc(N)c(O)c1N)P(N)(N)=O. The van der Waals surface area contributed by atoms with Gasteiger partial charge in [-0.3, -0.25) is 15.6 Å². The van der Waals surface area contributed by atoms with Crippen LogP contribution in [0.15, 0.2) is 12.1 Å². The minimum atomic E-state index is -3.44. The van der Waals surface area contributed by atoms with Gasteiger partial charge in [-0.2, -0.15) is 0 Å². The minimum Gasteiger partial charge on any atom is -0.504 e. The summed E-state index contributed by atoms with van der Waals surface area (Å²) in [7, 11) is -2.02. The first-order valence-electron chi connectivity index (χ1n) is 4.03. The number of nitrogens with zero attached hydrogens (tertiary/aromatic N) is 1. The molecule has 0 aliphatic heterocycles. The van der Waals surface area contributed by atoms with E-state index >= 15 is 0 Å². The lowest BCUT2D eigenvalue weighted by Crippen LogP contribution is -2.25. The lowest BCUT2D eigenvalue weighted by molar-refractivity contribution is 0.481. The van der Waals surface area contributed by atoms with Gasteiger partial charge in [0.1, 0.15) is 5.69 Å². The fraction of sp³-hybridized carbons (Fsp3) is 0.143. The van der Waals surface area contributed by atoms with Gasteiger partial charge >= 0.3 is 0 Å². The van der Waals surface area contributed by atoms with Gasteiger partial charge in [0.2, 0.25) is 0 Å². The summed E-state index contributed by atoms with van der Waals surface area (Å²) in [6, 6.07) is 2.91. The first kappa shape index (κ1) is 11.6. The monoisotopic (exact) mass is 231 g/mol. The molecule has 0 spiro atoms. The van der Waals surface area contributed by atoms with E-state index < -0.39 is 7.59 Å². The summed E-state index contributed by atoms with van der Waals surface area (Å²) < 4.78 is 12.5. The molecular formula is C7H14N5O2P. The van der Waals surface area contributed by atoms with Crippen molar-refractivity contribution in [3.05, 3.63) is 12.1 Å². The third kappa shape index (κ3) is 2.15. The summed E-state index contributed by atoms with van der Waals surface area (Å²) in [5.41, 5.74) is 21.9. The largest absolute Gasteiger partial charge is 0.504 e. The molecule has 0 fully saturated rings. The van der Waals surface area contributed by atoms with Crippen molar-refractivity contribution in [1.82, 2.24) is 0 Å². The Hall–Kier alpha value is -1.43. The van der Waals surface area contributed by atoms with Crippen molar-refractivity contribution in [1.29, 1.82) is 0 Å². The highest BCUT2D eigenvalue weighted by Crippen LogP contribution is 2.43. The second kappa shape index (κ2) is 3.62. The average molecular weight is 231 g/mol. The van der Waals surface area contributed by atoms with E-state index in [1.165, 1.54) is 19.2 Å². The maximum atomic E-state index is 11.4. The normalized spacial score (nSPS) is 11.4. The summed E-state index contributed by atoms with van der Waals surface area (Å²) in [5.74, 6) is -0.271. The molecule has 0 atom stereocenters. The number of nitrogens with two attached hydrogens (primary N) is 4. The number of nitrogen functional groups attached to an aromatic ring is 2. The van der Waals surface area contributed by atoms with Crippen LogP contribution in [0.4, 0.5) is 17.1 Å². The summed E-state index contributed by atoms with van der Waals surface area (Å²) in [5, 5.41) is 9.45. The van der Waals surface area contributed by atoms with Crippen LogP contribution >= 0.6 is 7.59 Å². The van der Waals surface area contributed by atoms with E-state index in [1.807, 2.05) is 0 Å². The second-order valence-corrected chi connectivity index (χ2v) is 5.08. The van der Waals surface area contributed by atoms with E-state index in [2.05, 4.69) is 0 Å². The van der Waals surface area contributed by atoms with Crippen LogP contribution in [0.5, 0.6) is 5.75 Å². The van der Waals surface area contributed by atoms with Crippen molar-refractivity contribution in [2.75, 3.05) is 23.2 Å². The van der Waals surface area contributed by atoms with Gasteiger partial charge in [0, 0.05) is 7.05 Å². The minimum absolute atomic E-state index is 0.00590. The fourth-order valence-corrected chi connectivity index (χ4v) is 1.58. The van der Waals surface area contributed by atoms with Crippen LogP contribution in [0.3, 0.4) is 0 Å². The zero-order valence-corrected chi connectivity index (χ0v) is 9.11. The van der Waals surface area contributed by atoms with Gasteiger partial charge in [-0.25, -0.2) is 0 Å². The predicted molar refractivity (Wildman–Crippen MR) is 61.3 cm³/mol.